The van der Waals surface area contributed by atoms with Gasteiger partial charge in [-0.25, -0.2) is 0 Å². The minimum Gasteiger partial charge on any atom is -0.481 e. The summed E-state index contributed by atoms with van der Waals surface area (Å²) >= 11 is 0. The van der Waals surface area contributed by atoms with Crippen LogP contribution in [0.1, 0.15) is 24.8 Å². The van der Waals surface area contributed by atoms with Crippen molar-refractivity contribution in [1.29, 1.82) is 5.41 Å². The van der Waals surface area contributed by atoms with Crippen LogP contribution in [-0.2, 0) is 11.2 Å². The molecule has 1 aromatic rings. The van der Waals surface area contributed by atoms with Crippen LogP contribution in [0.25, 0.3) is 0 Å². The molecule has 0 amide bonds. The number of anilines is 1. The standard InChI is InChI=1S/C13H19N3O2/c1-16(13(14)15)11-8-6-10(7-9-11)4-2-3-5-12(17)18/h6-9H,2-5H2,1H3,(H3,14,15)(H,17,18). The number of rotatable bonds is 6. The molecule has 5 heteroatoms. The van der Waals surface area contributed by atoms with E-state index in [-0.39, 0.29) is 12.4 Å². The number of unbranched alkanes of at least 4 members (excludes halogenated alkanes) is 1. The molecule has 0 radical (unpaired) electrons. The van der Waals surface area contributed by atoms with Crippen LogP contribution >= 0.6 is 0 Å². The lowest BCUT2D eigenvalue weighted by molar-refractivity contribution is -0.137. The van der Waals surface area contributed by atoms with E-state index >= 15 is 0 Å². The maximum atomic E-state index is 10.4. The Balaban J connectivity index is 2.45. The van der Waals surface area contributed by atoms with E-state index in [0.29, 0.717) is 6.42 Å². The highest BCUT2D eigenvalue weighted by Gasteiger charge is 2.03. The summed E-state index contributed by atoms with van der Waals surface area (Å²) in [4.78, 5) is 11.9. The van der Waals surface area contributed by atoms with Crippen LogP contribution in [0.15, 0.2) is 24.3 Å². The molecule has 0 fully saturated rings. The quantitative estimate of drug-likeness (QED) is 0.407. The highest BCUT2D eigenvalue weighted by molar-refractivity contribution is 5.91. The number of carboxylic acid groups (broad SMARTS) is 1. The van der Waals surface area contributed by atoms with E-state index in [1.807, 2.05) is 24.3 Å². The first-order valence-electron chi connectivity index (χ1n) is 5.89. The van der Waals surface area contributed by atoms with Gasteiger partial charge in [-0.3, -0.25) is 10.2 Å². The predicted molar refractivity (Wildman–Crippen MR) is 71.9 cm³/mol. The van der Waals surface area contributed by atoms with Gasteiger partial charge in [0.2, 0.25) is 0 Å². The average Bonchev–Trinajstić information content (AvgIpc) is 2.34. The van der Waals surface area contributed by atoms with Crippen LogP contribution in [0.5, 0.6) is 0 Å². The Labute approximate surface area is 107 Å². The van der Waals surface area contributed by atoms with Crippen molar-refractivity contribution in [3.05, 3.63) is 29.8 Å². The largest absolute Gasteiger partial charge is 0.481 e. The van der Waals surface area contributed by atoms with E-state index in [2.05, 4.69) is 0 Å². The molecule has 18 heavy (non-hydrogen) atoms. The van der Waals surface area contributed by atoms with E-state index in [1.165, 1.54) is 5.56 Å². The van der Waals surface area contributed by atoms with Crippen LogP contribution < -0.4 is 10.6 Å². The molecule has 1 rings (SSSR count). The van der Waals surface area contributed by atoms with Gasteiger partial charge in [-0.15, -0.1) is 0 Å². The first kappa shape index (κ1) is 14.0. The second kappa shape index (κ2) is 6.64. The highest BCUT2D eigenvalue weighted by atomic mass is 16.4. The second-order valence-electron chi connectivity index (χ2n) is 4.21. The van der Waals surface area contributed by atoms with Gasteiger partial charge in [0.15, 0.2) is 5.96 Å². The first-order chi connectivity index (χ1) is 8.50. The minimum absolute atomic E-state index is 0.00390. The molecule has 0 spiro atoms. The number of carboxylic acids is 1. The van der Waals surface area contributed by atoms with E-state index in [4.69, 9.17) is 16.2 Å². The fraction of sp³-hybridized carbons (Fsp3) is 0.385. The van der Waals surface area contributed by atoms with Crippen molar-refractivity contribution in [3.8, 4) is 0 Å². The van der Waals surface area contributed by atoms with Crippen LogP contribution in [0.3, 0.4) is 0 Å². The average molecular weight is 249 g/mol. The Morgan fingerprint density at radius 2 is 1.94 bits per heavy atom. The molecule has 4 N–H and O–H groups in total. The number of benzene rings is 1. The first-order valence-corrected chi connectivity index (χ1v) is 5.89. The fourth-order valence-electron chi connectivity index (χ4n) is 1.63. The lowest BCUT2D eigenvalue weighted by atomic mass is 10.1. The van der Waals surface area contributed by atoms with Gasteiger partial charge < -0.3 is 15.7 Å². The molecule has 0 saturated carbocycles. The van der Waals surface area contributed by atoms with Gasteiger partial charge in [0, 0.05) is 19.2 Å². The Morgan fingerprint density at radius 3 is 2.44 bits per heavy atom. The Morgan fingerprint density at radius 1 is 1.33 bits per heavy atom. The molecule has 0 aliphatic rings. The lowest BCUT2D eigenvalue weighted by Crippen LogP contribution is -2.32. The summed E-state index contributed by atoms with van der Waals surface area (Å²) in [6, 6.07) is 7.78. The summed E-state index contributed by atoms with van der Waals surface area (Å²) in [5, 5.41) is 15.8. The lowest BCUT2D eigenvalue weighted by Gasteiger charge is -2.16. The summed E-state index contributed by atoms with van der Waals surface area (Å²) in [6.07, 6.45) is 2.67. The predicted octanol–water partition coefficient (Wildman–Crippen LogP) is 1.81. The maximum absolute atomic E-state index is 10.4. The molecule has 1 aromatic carbocycles. The third-order valence-corrected chi connectivity index (χ3v) is 2.79. The molecule has 98 valence electrons. The van der Waals surface area contributed by atoms with Gasteiger partial charge in [0.1, 0.15) is 0 Å². The van der Waals surface area contributed by atoms with E-state index in [1.54, 1.807) is 11.9 Å². The van der Waals surface area contributed by atoms with E-state index in [0.717, 1.165) is 18.5 Å². The number of hydrogen-bond acceptors (Lipinski definition) is 2. The summed E-state index contributed by atoms with van der Waals surface area (Å²) < 4.78 is 0. The van der Waals surface area contributed by atoms with Gasteiger partial charge in [0.05, 0.1) is 0 Å². The van der Waals surface area contributed by atoms with Gasteiger partial charge in [-0.1, -0.05) is 12.1 Å². The van der Waals surface area contributed by atoms with Gasteiger partial charge in [-0.2, -0.15) is 0 Å². The molecule has 0 unspecified atom stereocenters. The third-order valence-electron chi connectivity index (χ3n) is 2.79. The molecule has 0 aliphatic heterocycles. The van der Waals surface area contributed by atoms with Crippen molar-refractivity contribution >= 4 is 17.6 Å². The molecule has 5 nitrogen and oxygen atoms in total. The zero-order valence-corrected chi connectivity index (χ0v) is 10.5. The summed E-state index contributed by atoms with van der Waals surface area (Å²) in [6.45, 7) is 0. The summed E-state index contributed by atoms with van der Waals surface area (Å²) in [7, 11) is 1.74. The highest BCUT2D eigenvalue weighted by Crippen LogP contribution is 2.15. The molecule has 0 saturated heterocycles. The van der Waals surface area contributed by atoms with Crippen molar-refractivity contribution in [2.75, 3.05) is 11.9 Å². The minimum atomic E-state index is -0.742. The Kier molecular flexibility index (Phi) is 5.17. The number of guanidine groups is 1. The smallest absolute Gasteiger partial charge is 0.303 e. The van der Waals surface area contributed by atoms with Crippen LogP contribution in [0, 0.1) is 5.41 Å². The third kappa shape index (κ3) is 4.45. The Hall–Kier alpha value is -2.04. The number of nitrogens with two attached hydrogens (primary N) is 1. The number of carbonyl (C=O) groups is 1. The summed E-state index contributed by atoms with van der Waals surface area (Å²) in [5.41, 5.74) is 7.43. The van der Waals surface area contributed by atoms with Gasteiger partial charge in [0.25, 0.3) is 0 Å². The number of hydrogen-bond donors (Lipinski definition) is 3. The molecular formula is C13H19N3O2. The van der Waals surface area contributed by atoms with Crippen molar-refractivity contribution in [2.24, 2.45) is 5.73 Å². The number of aryl methyl sites for hydroxylation is 1. The maximum Gasteiger partial charge on any atom is 0.303 e. The van der Waals surface area contributed by atoms with Gasteiger partial charge >= 0.3 is 5.97 Å². The second-order valence-corrected chi connectivity index (χ2v) is 4.21. The zero-order valence-electron chi connectivity index (χ0n) is 10.5. The van der Waals surface area contributed by atoms with E-state index in [9.17, 15) is 4.79 Å². The Bertz CT molecular complexity index is 415. The number of aliphatic carboxylic acids is 1. The van der Waals surface area contributed by atoms with Crippen LogP contribution in [-0.4, -0.2) is 24.1 Å². The molecular weight excluding hydrogens is 230 g/mol. The van der Waals surface area contributed by atoms with Crippen LogP contribution in [0.2, 0.25) is 0 Å². The molecule has 0 bridgehead atoms. The SMILES string of the molecule is CN(C(=N)N)c1ccc(CCCCC(=O)O)cc1. The molecule has 0 atom stereocenters. The summed E-state index contributed by atoms with van der Waals surface area (Å²) in [5.74, 6) is -0.738. The number of nitrogens with zero attached hydrogens (tertiary/aromatic N) is 1. The molecule has 0 aromatic heterocycles. The van der Waals surface area contributed by atoms with Crippen molar-refractivity contribution in [2.45, 2.75) is 25.7 Å². The van der Waals surface area contributed by atoms with E-state index < -0.39 is 5.97 Å². The number of nitrogens with one attached hydrogen (secondary N) is 1. The monoisotopic (exact) mass is 249 g/mol. The van der Waals surface area contributed by atoms with Crippen LogP contribution in [0.4, 0.5) is 5.69 Å². The molecule has 0 aliphatic carbocycles. The normalized spacial score (nSPS) is 10.1. The molecule has 0 heterocycles. The fourth-order valence-corrected chi connectivity index (χ4v) is 1.63. The van der Waals surface area contributed by atoms with Crippen molar-refractivity contribution in [3.63, 3.8) is 0 Å². The van der Waals surface area contributed by atoms with Crippen molar-refractivity contribution in [1.82, 2.24) is 0 Å². The zero-order chi connectivity index (χ0) is 13.5. The van der Waals surface area contributed by atoms with Crippen molar-refractivity contribution < 1.29 is 9.90 Å². The topological polar surface area (TPSA) is 90.4 Å². The van der Waals surface area contributed by atoms with Gasteiger partial charge in [-0.05, 0) is 37.0 Å².